The van der Waals surface area contributed by atoms with Gasteiger partial charge in [-0.2, -0.15) is 26.3 Å². The van der Waals surface area contributed by atoms with Crippen molar-refractivity contribution in [3.63, 3.8) is 0 Å². The van der Waals surface area contributed by atoms with E-state index in [9.17, 15) is 75.5 Å². The number of hydrogen-bond acceptors (Lipinski definition) is 13. The van der Waals surface area contributed by atoms with E-state index in [0.717, 1.165) is 0 Å². The van der Waals surface area contributed by atoms with Gasteiger partial charge in [-0.15, -0.1) is 0 Å². The minimum absolute atomic E-state index is 0.0519. The summed E-state index contributed by atoms with van der Waals surface area (Å²) in [6.45, 7) is 0.578. The van der Waals surface area contributed by atoms with Crippen molar-refractivity contribution in [3.05, 3.63) is 29.8 Å². The lowest BCUT2D eigenvalue weighted by molar-refractivity contribution is -0.193. The third-order valence-electron chi connectivity index (χ3n) is 6.94. The smallest absolute Gasteiger partial charge is 0.490 e. The molecule has 0 aliphatic carbocycles. The average Bonchev–Trinajstić information content (AvgIpc) is 3.11. The maximum Gasteiger partial charge on any atom is 0.490 e. The fourth-order valence-corrected chi connectivity index (χ4v) is 3.90. The third-order valence-corrected chi connectivity index (χ3v) is 6.94. The van der Waals surface area contributed by atoms with Crippen molar-refractivity contribution in [2.24, 2.45) is 11.5 Å². The highest BCUT2D eigenvalue weighted by Crippen LogP contribution is 2.14. The number of aromatic hydroxyl groups is 1. The van der Waals surface area contributed by atoms with Crippen molar-refractivity contribution in [2.75, 3.05) is 13.2 Å². The van der Waals surface area contributed by atoms with Crippen LogP contribution in [0.1, 0.15) is 44.6 Å². The highest BCUT2D eigenvalue weighted by molar-refractivity contribution is 5.96. The van der Waals surface area contributed by atoms with Crippen LogP contribution in [0, 0.1) is 0 Å². The second kappa shape index (κ2) is 26.2. The lowest BCUT2D eigenvalue weighted by Crippen LogP contribution is -2.61. The van der Waals surface area contributed by atoms with Crippen LogP contribution in [0.3, 0.4) is 0 Å². The Labute approximate surface area is 323 Å². The number of carboxylic acids is 4. The van der Waals surface area contributed by atoms with Gasteiger partial charge in [-0.25, -0.2) is 14.4 Å². The van der Waals surface area contributed by atoms with E-state index in [-0.39, 0.29) is 25.0 Å². The summed E-state index contributed by atoms with van der Waals surface area (Å²) in [4.78, 5) is 91.8. The molecule has 0 saturated carbocycles. The number of carbonyl (C=O) groups is 8. The molecule has 1 rings (SSSR count). The van der Waals surface area contributed by atoms with Gasteiger partial charge in [0.05, 0.1) is 18.8 Å². The summed E-state index contributed by atoms with van der Waals surface area (Å²) in [7, 11) is 0. The molecule has 21 nitrogen and oxygen atoms in total. The lowest BCUT2D eigenvalue weighted by atomic mass is 10.0. The summed E-state index contributed by atoms with van der Waals surface area (Å²) < 4.78 is 63.5. The number of phenolic OH excluding ortho intramolecular Hbond substituents is 1. The molecule has 6 atom stereocenters. The summed E-state index contributed by atoms with van der Waals surface area (Å²) in [5.41, 5.74) is 11.5. The molecule has 0 bridgehead atoms. The number of rotatable bonds is 20. The predicted molar refractivity (Wildman–Crippen MR) is 181 cm³/mol. The Hall–Kier alpha value is -5.80. The SMILES string of the molecule is C[C@@H](O)[C@H](NC(=O)[C@@H](N)CCC(=O)O)C(=O)N[C@@H](Cc1ccc(O)cc1)C(=O)N[C@@H](CO)C(=O)N[C@@H](CCCCN)C(=O)O.O=C(O)C(F)(F)F.O=C(O)C(F)(F)F. The first-order valence-electron chi connectivity index (χ1n) is 16.4. The summed E-state index contributed by atoms with van der Waals surface area (Å²) in [5.74, 6) is -12.1. The van der Waals surface area contributed by atoms with Crippen LogP contribution in [0.5, 0.6) is 5.75 Å². The van der Waals surface area contributed by atoms with E-state index >= 15 is 0 Å². The van der Waals surface area contributed by atoms with Crippen LogP contribution in [0.15, 0.2) is 24.3 Å². The highest BCUT2D eigenvalue weighted by Gasteiger charge is 2.39. The Balaban J connectivity index is 0. The van der Waals surface area contributed by atoms with Gasteiger partial charge in [0.2, 0.25) is 23.6 Å². The zero-order valence-electron chi connectivity index (χ0n) is 30.2. The Bertz CT molecular complexity index is 1510. The second-order valence-corrected chi connectivity index (χ2v) is 11.7. The van der Waals surface area contributed by atoms with Gasteiger partial charge in [0.15, 0.2) is 0 Å². The molecule has 0 saturated heterocycles. The van der Waals surface area contributed by atoms with Crippen molar-refractivity contribution < 1.29 is 100 Å². The number of unbranched alkanes of at least 4 members (excludes halogenated alkanes) is 1. The van der Waals surface area contributed by atoms with Crippen LogP contribution < -0.4 is 32.7 Å². The topological polar surface area (TPSA) is 378 Å². The van der Waals surface area contributed by atoms with Gasteiger partial charge in [0, 0.05) is 12.8 Å². The molecule has 1 aromatic rings. The Morgan fingerprint density at radius 2 is 1.14 bits per heavy atom. The molecular weight excluding hydrogens is 810 g/mol. The largest absolute Gasteiger partial charge is 0.508 e. The first kappa shape index (κ1) is 54.3. The number of nitrogens with two attached hydrogens (primary N) is 2. The molecule has 58 heavy (non-hydrogen) atoms. The molecule has 0 aliphatic rings. The number of aliphatic hydroxyl groups is 2. The number of amides is 4. The van der Waals surface area contributed by atoms with Crippen molar-refractivity contribution in [1.29, 1.82) is 0 Å². The van der Waals surface area contributed by atoms with E-state index in [1.807, 2.05) is 0 Å². The summed E-state index contributed by atoms with van der Waals surface area (Å²) in [5, 5.41) is 71.2. The van der Waals surface area contributed by atoms with Gasteiger partial charge in [-0.3, -0.25) is 24.0 Å². The van der Waals surface area contributed by atoms with Gasteiger partial charge in [0.25, 0.3) is 0 Å². The zero-order valence-corrected chi connectivity index (χ0v) is 30.2. The molecule has 0 radical (unpaired) electrons. The minimum atomic E-state index is -5.08. The van der Waals surface area contributed by atoms with Crippen LogP contribution in [0.25, 0.3) is 0 Å². The number of aliphatic hydroxyl groups excluding tert-OH is 2. The van der Waals surface area contributed by atoms with Crippen LogP contribution in [-0.4, -0.2) is 145 Å². The van der Waals surface area contributed by atoms with E-state index in [0.29, 0.717) is 24.9 Å². The molecule has 0 aromatic heterocycles. The molecule has 0 aliphatic heterocycles. The van der Waals surface area contributed by atoms with Gasteiger partial charge in [0.1, 0.15) is 29.9 Å². The van der Waals surface area contributed by atoms with Crippen LogP contribution >= 0.6 is 0 Å². The van der Waals surface area contributed by atoms with Gasteiger partial charge >= 0.3 is 36.2 Å². The van der Waals surface area contributed by atoms with Crippen molar-refractivity contribution in [3.8, 4) is 5.75 Å². The van der Waals surface area contributed by atoms with E-state index in [1.165, 1.54) is 31.2 Å². The van der Waals surface area contributed by atoms with Crippen LogP contribution in [0.4, 0.5) is 26.3 Å². The third kappa shape index (κ3) is 23.3. The first-order chi connectivity index (χ1) is 26.6. The van der Waals surface area contributed by atoms with E-state index < -0.39 is 109 Å². The maximum absolute atomic E-state index is 13.3. The number of phenols is 1. The molecule has 1 aromatic carbocycles. The summed E-state index contributed by atoms with van der Waals surface area (Å²) in [6, 6.07) is -1.79. The van der Waals surface area contributed by atoms with Gasteiger partial charge < -0.3 is 68.5 Å². The number of carbonyl (C=O) groups excluding carboxylic acids is 4. The van der Waals surface area contributed by atoms with E-state index in [2.05, 4.69) is 21.3 Å². The second-order valence-electron chi connectivity index (χ2n) is 11.7. The van der Waals surface area contributed by atoms with Gasteiger partial charge in [-0.1, -0.05) is 12.1 Å². The molecule has 0 spiro atoms. The first-order valence-corrected chi connectivity index (χ1v) is 16.4. The number of alkyl halides is 6. The molecule has 4 amide bonds. The fraction of sp³-hybridized carbons (Fsp3) is 0.548. The van der Waals surface area contributed by atoms with Crippen molar-refractivity contribution in [1.82, 2.24) is 21.3 Å². The molecule has 0 unspecified atom stereocenters. The minimum Gasteiger partial charge on any atom is -0.508 e. The number of aliphatic carboxylic acids is 4. The quantitative estimate of drug-likeness (QED) is 0.0494. The maximum atomic E-state index is 13.3. The molecule has 0 heterocycles. The van der Waals surface area contributed by atoms with Crippen LogP contribution in [-0.2, 0) is 44.8 Å². The summed E-state index contributed by atoms with van der Waals surface area (Å²) in [6.07, 6.45) is -11.6. The Kier molecular flexibility index (Phi) is 24.5. The Morgan fingerprint density at radius 1 is 0.690 bits per heavy atom. The molecular formula is C31H44F6N6O15. The van der Waals surface area contributed by atoms with Crippen molar-refractivity contribution in [2.45, 2.75) is 94.1 Å². The number of halogens is 6. The monoisotopic (exact) mass is 854 g/mol. The molecule has 0 fully saturated rings. The number of nitrogens with one attached hydrogen (secondary N) is 4. The Morgan fingerprint density at radius 3 is 1.53 bits per heavy atom. The number of hydrogen-bond donors (Lipinski definition) is 13. The lowest BCUT2D eigenvalue weighted by Gasteiger charge is -2.27. The summed E-state index contributed by atoms with van der Waals surface area (Å²) >= 11 is 0. The highest BCUT2D eigenvalue weighted by atomic mass is 19.4. The molecule has 15 N–H and O–H groups in total. The fourth-order valence-electron chi connectivity index (χ4n) is 3.90. The van der Waals surface area contributed by atoms with Crippen molar-refractivity contribution >= 4 is 47.5 Å². The standard InChI is InChI=1S/C27H42N6O11.2C2HF3O2/c1-14(35)22(33-23(39)17(29)9-10-21(37)38)26(42)31-19(12-15-5-7-16(36)8-6-15)24(40)32-20(13-34)25(41)30-18(27(43)44)4-2-3-11-28;2*3-2(4,5)1(6)7/h5-8,14,17-20,22,34-36H,2-4,9-13,28-29H2,1H3,(H,30,41)(H,31,42)(H,32,40)(H,33,39)(H,37,38)(H,43,44);2*(H,6,7)/t14-,17+,18+,19+,20+,22+;;/m1../s1. The van der Waals surface area contributed by atoms with E-state index in [1.54, 1.807) is 0 Å². The molecule has 27 heteroatoms. The average molecular weight is 855 g/mol. The normalized spacial score (nSPS) is 14.1. The van der Waals surface area contributed by atoms with Gasteiger partial charge in [-0.05, 0) is 56.8 Å². The number of carboxylic acid groups (broad SMARTS) is 4. The molecule has 330 valence electrons. The van der Waals surface area contributed by atoms with E-state index in [4.69, 9.17) is 36.4 Å². The predicted octanol–water partition coefficient (Wildman–Crippen LogP) is -2.08. The number of benzene rings is 1. The van der Waals surface area contributed by atoms with Crippen LogP contribution in [0.2, 0.25) is 0 Å². The zero-order chi connectivity index (χ0) is 45.6.